The van der Waals surface area contributed by atoms with Crippen LogP contribution in [0, 0.1) is 5.92 Å². The molecule has 1 heterocycles. The van der Waals surface area contributed by atoms with Gasteiger partial charge >= 0.3 is 0 Å². The molecule has 5 heteroatoms. The lowest BCUT2D eigenvalue weighted by Crippen LogP contribution is -2.25. The van der Waals surface area contributed by atoms with E-state index in [2.05, 4.69) is 46.6 Å². The lowest BCUT2D eigenvalue weighted by atomic mass is 10.1. The largest absolute Gasteiger partial charge is 0.349 e. The Labute approximate surface area is 147 Å². The maximum Gasteiger partial charge on any atom is 0.224 e. The fourth-order valence-corrected chi connectivity index (χ4v) is 3.75. The minimum absolute atomic E-state index is 0.127. The molecule has 2 unspecified atom stereocenters. The number of hydrogen-bond acceptors (Lipinski definition) is 4. The molecule has 1 fully saturated rings. The fraction of sp³-hybridized carbons (Fsp3) is 0.474. The zero-order chi connectivity index (χ0) is 16.9. The number of hydrogen-bond donors (Lipinski definition) is 1. The minimum atomic E-state index is 0.127. The fourth-order valence-electron chi connectivity index (χ4n) is 3.03. The molecule has 0 spiro atoms. The molecule has 4 nitrogen and oxygen atoms in total. The molecular formula is C19H25N3OS. The Bertz CT molecular complexity index is 666. The van der Waals surface area contributed by atoms with Crippen LogP contribution in [0.15, 0.2) is 35.7 Å². The van der Waals surface area contributed by atoms with Crippen LogP contribution in [0.1, 0.15) is 42.5 Å². The van der Waals surface area contributed by atoms with Gasteiger partial charge in [0.2, 0.25) is 5.91 Å². The van der Waals surface area contributed by atoms with Gasteiger partial charge in [0.05, 0.1) is 12.2 Å². The van der Waals surface area contributed by atoms with E-state index in [-0.39, 0.29) is 11.8 Å². The van der Waals surface area contributed by atoms with Gasteiger partial charge in [0.25, 0.3) is 0 Å². The summed E-state index contributed by atoms with van der Waals surface area (Å²) >= 11 is 1.63. The Morgan fingerprint density at radius 1 is 1.29 bits per heavy atom. The summed E-state index contributed by atoms with van der Waals surface area (Å²) in [6.07, 6.45) is 0.959. The first-order valence-corrected chi connectivity index (χ1v) is 9.57. The highest BCUT2D eigenvalue weighted by atomic mass is 32.1. The Kier molecular flexibility index (Phi) is 5.63. The highest BCUT2D eigenvalue weighted by Gasteiger charge is 2.43. The number of benzene rings is 1. The second-order valence-corrected chi connectivity index (χ2v) is 7.21. The number of nitrogens with zero attached hydrogens (tertiary/aromatic N) is 2. The van der Waals surface area contributed by atoms with Crippen LogP contribution < -0.4 is 5.32 Å². The number of carbonyl (C=O) groups is 1. The zero-order valence-corrected chi connectivity index (χ0v) is 15.2. The second kappa shape index (κ2) is 7.90. The predicted octanol–water partition coefficient (Wildman–Crippen LogP) is 3.40. The number of aromatic nitrogens is 1. The molecule has 0 aliphatic heterocycles. The van der Waals surface area contributed by atoms with Crippen molar-refractivity contribution < 1.29 is 4.79 Å². The monoisotopic (exact) mass is 343 g/mol. The maximum absolute atomic E-state index is 12.3. The minimum Gasteiger partial charge on any atom is -0.349 e. The van der Waals surface area contributed by atoms with E-state index >= 15 is 0 Å². The molecule has 2 aromatic rings. The van der Waals surface area contributed by atoms with Gasteiger partial charge in [-0.15, -0.1) is 11.3 Å². The van der Waals surface area contributed by atoms with Crippen LogP contribution in [0.4, 0.5) is 0 Å². The first-order chi connectivity index (χ1) is 11.7. The number of nitrogens with one attached hydrogen (secondary N) is 1. The third-order valence-corrected chi connectivity index (χ3v) is 5.55. The van der Waals surface area contributed by atoms with Gasteiger partial charge in [-0.1, -0.05) is 44.2 Å². The third kappa shape index (κ3) is 4.22. The lowest BCUT2D eigenvalue weighted by molar-refractivity contribution is -0.122. The summed E-state index contributed by atoms with van der Waals surface area (Å²) in [7, 11) is 0. The van der Waals surface area contributed by atoms with Crippen molar-refractivity contribution in [1.82, 2.24) is 15.2 Å². The van der Waals surface area contributed by atoms with Crippen molar-refractivity contribution in [3.63, 3.8) is 0 Å². The average Bonchev–Trinajstić information content (AvgIpc) is 3.31. The molecule has 1 amide bonds. The number of amides is 1. The normalized spacial score (nSPS) is 19.5. The molecule has 1 aromatic heterocycles. The van der Waals surface area contributed by atoms with E-state index in [1.165, 1.54) is 5.56 Å². The molecule has 1 aliphatic carbocycles. The molecule has 2 atom stereocenters. The van der Waals surface area contributed by atoms with Crippen LogP contribution in [0.3, 0.4) is 0 Å². The van der Waals surface area contributed by atoms with Crippen LogP contribution in [0.2, 0.25) is 0 Å². The Morgan fingerprint density at radius 3 is 2.75 bits per heavy atom. The molecule has 24 heavy (non-hydrogen) atoms. The van der Waals surface area contributed by atoms with Gasteiger partial charge in [0, 0.05) is 17.8 Å². The van der Waals surface area contributed by atoms with Crippen LogP contribution in [-0.4, -0.2) is 28.9 Å². The van der Waals surface area contributed by atoms with Gasteiger partial charge in [-0.25, -0.2) is 4.98 Å². The molecule has 128 valence electrons. The van der Waals surface area contributed by atoms with Gasteiger partial charge < -0.3 is 5.32 Å². The van der Waals surface area contributed by atoms with Crippen LogP contribution in [-0.2, 0) is 17.9 Å². The van der Waals surface area contributed by atoms with Crippen molar-refractivity contribution in [2.75, 3.05) is 13.1 Å². The van der Waals surface area contributed by atoms with E-state index in [4.69, 9.17) is 0 Å². The number of thiazole rings is 1. The number of carbonyl (C=O) groups excluding carboxylic acids is 1. The highest BCUT2D eigenvalue weighted by Crippen LogP contribution is 2.47. The quantitative estimate of drug-likeness (QED) is 0.799. The van der Waals surface area contributed by atoms with Crippen LogP contribution in [0.5, 0.6) is 0 Å². The van der Waals surface area contributed by atoms with E-state index in [9.17, 15) is 4.79 Å². The molecule has 0 bridgehead atoms. The van der Waals surface area contributed by atoms with E-state index in [0.717, 1.165) is 36.8 Å². The summed E-state index contributed by atoms with van der Waals surface area (Å²) in [6, 6.07) is 10.3. The predicted molar refractivity (Wildman–Crippen MR) is 97.9 cm³/mol. The van der Waals surface area contributed by atoms with Gasteiger partial charge in [-0.2, -0.15) is 0 Å². The summed E-state index contributed by atoms with van der Waals surface area (Å²) in [5.74, 6) is 0.674. The van der Waals surface area contributed by atoms with Crippen molar-refractivity contribution >= 4 is 17.2 Å². The van der Waals surface area contributed by atoms with Crippen molar-refractivity contribution in [2.45, 2.75) is 39.3 Å². The SMILES string of the molecule is CCN(CC)Cc1csc(CNC(=O)C2CC2c2ccccc2)n1. The second-order valence-electron chi connectivity index (χ2n) is 6.27. The van der Waals surface area contributed by atoms with E-state index in [0.29, 0.717) is 12.5 Å². The van der Waals surface area contributed by atoms with Crippen molar-refractivity contribution in [1.29, 1.82) is 0 Å². The Hall–Kier alpha value is -1.72. The lowest BCUT2D eigenvalue weighted by Gasteiger charge is -2.15. The van der Waals surface area contributed by atoms with Gasteiger partial charge in [-0.3, -0.25) is 9.69 Å². The van der Waals surface area contributed by atoms with Crippen LogP contribution >= 0.6 is 11.3 Å². The smallest absolute Gasteiger partial charge is 0.224 e. The zero-order valence-electron chi connectivity index (χ0n) is 14.4. The third-order valence-electron chi connectivity index (χ3n) is 4.65. The maximum atomic E-state index is 12.3. The van der Waals surface area contributed by atoms with Crippen LogP contribution in [0.25, 0.3) is 0 Å². The number of rotatable bonds is 8. The average molecular weight is 343 g/mol. The molecule has 1 saturated carbocycles. The van der Waals surface area contributed by atoms with Crippen molar-refractivity contribution in [3.8, 4) is 0 Å². The van der Waals surface area contributed by atoms with Gasteiger partial charge in [-0.05, 0) is 31.0 Å². The first-order valence-electron chi connectivity index (χ1n) is 8.69. The van der Waals surface area contributed by atoms with Gasteiger partial charge in [0.1, 0.15) is 5.01 Å². The highest BCUT2D eigenvalue weighted by molar-refractivity contribution is 7.09. The summed E-state index contributed by atoms with van der Waals surface area (Å²) in [6.45, 7) is 7.81. The molecule has 0 saturated heterocycles. The van der Waals surface area contributed by atoms with E-state index in [1.807, 2.05) is 18.2 Å². The van der Waals surface area contributed by atoms with Crippen molar-refractivity contribution in [2.24, 2.45) is 5.92 Å². The summed E-state index contributed by atoms with van der Waals surface area (Å²) in [5, 5.41) is 6.14. The molecular weight excluding hydrogens is 318 g/mol. The van der Waals surface area contributed by atoms with Crippen molar-refractivity contribution in [3.05, 3.63) is 52.0 Å². The molecule has 1 aliphatic rings. The summed E-state index contributed by atoms with van der Waals surface area (Å²) in [4.78, 5) is 19.3. The molecule has 3 rings (SSSR count). The summed E-state index contributed by atoms with van der Waals surface area (Å²) < 4.78 is 0. The van der Waals surface area contributed by atoms with E-state index in [1.54, 1.807) is 11.3 Å². The first kappa shape index (κ1) is 17.1. The van der Waals surface area contributed by atoms with E-state index < -0.39 is 0 Å². The Morgan fingerprint density at radius 2 is 2.04 bits per heavy atom. The Balaban J connectivity index is 1.47. The van der Waals surface area contributed by atoms with Gasteiger partial charge in [0.15, 0.2) is 0 Å². The summed E-state index contributed by atoms with van der Waals surface area (Å²) in [5.41, 5.74) is 2.37. The standard InChI is InChI=1S/C19H25N3OS/c1-3-22(4-2)12-15-13-24-18(21-15)11-20-19(23)17-10-16(17)14-8-6-5-7-9-14/h5-9,13,16-17H,3-4,10-12H2,1-2H3,(H,20,23). The molecule has 1 N–H and O–H groups in total. The topological polar surface area (TPSA) is 45.2 Å². The molecule has 1 aromatic carbocycles. The molecule has 0 radical (unpaired) electrons.